The number of rotatable bonds is 8. The van der Waals surface area contributed by atoms with Crippen molar-refractivity contribution in [3.8, 4) is 0 Å². The van der Waals surface area contributed by atoms with Crippen LogP contribution < -0.4 is 9.62 Å². The molecule has 1 amide bonds. The Kier molecular flexibility index (Phi) is 7.50. The van der Waals surface area contributed by atoms with Gasteiger partial charge in [0, 0.05) is 18.1 Å². The number of anilines is 2. The van der Waals surface area contributed by atoms with Crippen LogP contribution >= 0.6 is 0 Å². The van der Waals surface area contributed by atoms with Crippen molar-refractivity contribution in [2.45, 2.75) is 32.1 Å². The molecule has 0 bridgehead atoms. The maximum Gasteiger partial charge on any atom is 0.264 e. The van der Waals surface area contributed by atoms with E-state index in [-0.39, 0.29) is 11.4 Å². The molecule has 3 aromatic carbocycles. The van der Waals surface area contributed by atoms with Crippen molar-refractivity contribution in [1.29, 1.82) is 0 Å². The molecule has 0 radical (unpaired) electrons. The summed E-state index contributed by atoms with van der Waals surface area (Å²) in [7, 11) is -3.97. The summed E-state index contributed by atoms with van der Waals surface area (Å²) in [5.74, 6) is -0.423. The monoisotopic (exact) mass is 499 g/mol. The van der Waals surface area contributed by atoms with Gasteiger partial charge in [0.1, 0.15) is 6.54 Å². The minimum absolute atomic E-state index is 0.141. The Labute approximate surface area is 212 Å². The highest BCUT2D eigenvalue weighted by molar-refractivity contribution is 7.92. The van der Waals surface area contributed by atoms with Gasteiger partial charge in [0.05, 0.1) is 10.6 Å². The summed E-state index contributed by atoms with van der Waals surface area (Å²) in [4.78, 5) is 17.3. The van der Waals surface area contributed by atoms with Crippen LogP contribution in [0.3, 0.4) is 0 Å². The van der Waals surface area contributed by atoms with E-state index < -0.39 is 15.9 Å². The SMILES string of the molecule is Cc1ccc(S(=O)(=O)N(CC(=O)Nc2ccc(Cc3ccncc3)cc2)c2cccc(C)c2C)cc1. The Balaban J connectivity index is 1.56. The number of pyridine rings is 1. The van der Waals surface area contributed by atoms with Crippen LogP contribution in [0.4, 0.5) is 11.4 Å². The van der Waals surface area contributed by atoms with Crippen molar-refractivity contribution in [3.63, 3.8) is 0 Å². The van der Waals surface area contributed by atoms with Gasteiger partial charge >= 0.3 is 0 Å². The minimum atomic E-state index is -3.97. The van der Waals surface area contributed by atoms with Gasteiger partial charge in [-0.25, -0.2) is 8.42 Å². The van der Waals surface area contributed by atoms with Gasteiger partial charge in [-0.3, -0.25) is 14.1 Å². The number of aromatic nitrogens is 1. The molecule has 184 valence electrons. The molecule has 0 saturated carbocycles. The van der Waals surface area contributed by atoms with Crippen LogP contribution in [0.2, 0.25) is 0 Å². The number of nitrogens with zero attached hydrogens (tertiary/aromatic N) is 2. The van der Waals surface area contributed by atoms with Crippen LogP contribution in [0.15, 0.2) is 96.2 Å². The van der Waals surface area contributed by atoms with Crippen molar-refractivity contribution in [1.82, 2.24) is 4.98 Å². The highest BCUT2D eigenvalue weighted by atomic mass is 32.2. The number of aryl methyl sites for hydroxylation is 2. The second-order valence-corrected chi connectivity index (χ2v) is 10.7. The average Bonchev–Trinajstić information content (AvgIpc) is 2.86. The number of nitrogens with one attached hydrogen (secondary N) is 1. The topological polar surface area (TPSA) is 79.4 Å². The standard InChI is InChI=1S/C29H29N3O3S/c1-21-7-13-27(14-8-21)36(34,35)32(28-6-4-5-22(2)23(28)3)20-29(33)31-26-11-9-24(10-12-26)19-25-15-17-30-18-16-25/h4-18H,19-20H2,1-3H3,(H,31,33). The number of carbonyl (C=O) groups excluding carboxylic acids is 1. The normalized spacial score (nSPS) is 11.2. The van der Waals surface area contributed by atoms with Crippen LogP contribution in [0, 0.1) is 20.8 Å². The molecule has 0 aliphatic carbocycles. The molecule has 0 saturated heterocycles. The van der Waals surface area contributed by atoms with Crippen LogP contribution in [0.25, 0.3) is 0 Å². The Hall–Kier alpha value is -3.97. The van der Waals surface area contributed by atoms with E-state index in [1.165, 1.54) is 4.31 Å². The number of hydrogen-bond acceptors (Lipinski definition) is 4. The third-order valence-corrected chi connectivity index (χ3v) is 7.91. The second-order valence-electron chi connectivity index (χ2n) is 8.82. The fraction of sp³-hybridized carbons (Fsp3) is 0.172. The smallest absolute Gasteiger partial charge is 0.264 e. The molecule has 1 N–H and O–H groups in total. The van der Waals surface area contributed by atoms with Gasteiger partial charge in [-0.05, 0) is 91.9 Å². The van der Waals surface area contributed by atoms with E-state index >= 15 is 0 Å². The Morgan fingerprint density at radius 1 is 0.833 bits per heavy atom. The molecule has 4 rings (SSSR count). The van der Waals surface area contributed by atoms with Crippen molar-refractivity contribution < 1.29 is 13.2 Å². The van der Waals surface area contributed by atoms with Crippen LogP contribution in [0.5, 0.6) is 0 Å². The highest BCUT2D eigenvalue weighted by Crippen LogP contribution is 2.29. The zero-order valence-corrected chi connectivity index (χ0v) is 21.4. The molecule has 0 atom stereocenters. The van der Waals surface area contributed by atoms with Crippen LogP contribution in [-0.2, 0) is 21.2 Å². The lowest BCUT2D eigenvalue weighted by molar-refractivity contribution is -0.114. The fourth-order valence-corrected chi connectivity index (χ4v) is 5.39. The third kappa shape index (κ3) is 5.80. The van der Waals surface area contributed by atoms with Gasteiger partial charge in [-0.15, -0.1) is 0 Å². The molecule has 36 heavy (non-hydrogen) atoms. The first-order valence-corrected chi connectivity index (χ1v) is 13.1. The number of benzene rings is 3. The maximum atomic E-state index is 13.7. The first kappa shape index (κ1) is 25.1. The Morgan fingerprint density at radius 3 is 2.14 bits per heavy atom. The summed E-state index contributed by atoms with van der Waals surface area (Å²) in [6.07, 6.45) is 4.28. The predicted octanol–water partition coefficient (Wildman–Crippen LogP) is 5.43. The van der Waals surface area contributed by atoms with E-state index in [2.05, 4.69) is 10.3 Å². The molecule has 0 unspecified atom stereocenters. The molecule has 0 aliphatic heterocycles. The van der Waals surface area contributed by atoms with Crippen molar-refractivity contribution in [2.24, 2.45) is 0 Å². The summed E-state index contributed by atoms with van der Waals surface area (Å²) >= 11 is 0. The molecule has 0 spiro atoms. The summed E-state index contributed by atoms with van der Waals surface area (Å²) < 4.78 is 28.5. The fourth-order valence-electron chi connectivity index (χ4n) is 3.92. The van der Waals surface area contributed by atoms with Gasteiger partial charge in [0.25, 0.3) is 10.0 Å². The number of carbonyl (C=O) groups is 1. The van der Waals surface area contributed by atoms with E-state index in [4.69, 9.17) is 0 Å². The van der Waals surface area contributed by atoms with E-state index in [9.17, 15) is 13.2 Å². The van der Waals surface area contributed by atoms with Crippen molar-refractivity contribution in [2.75, 3.05) is 16.2 Å². The zero-order valence-electron chi connectivity index (χ0n) is 20.6. The average molecular weight is 500 g/mol. The van der Waals surface area contributed by atoms with Gasteiger partial charge < -0.3 is 5.32 Å². The summed E-state index contributed by atoms with van der Waals surface area (Å²) in [6, 6.07) is 23.6. The highest BCUT2D eigenvalue weighted by Gasteiger charge is 2.28. The van der Waals surface area contributed by atoms with Crippen molar-refractivity contribution in [3.05, 3.63) is 119 Å². The summed E-state index contributed by atoms with van der Waals surface area (Å²) in [5, 5.41) is 2.84. The molecule has 1 aromatic heterocycles. The van der Waals surface area contributed by atoms with E-state index in [1.54, 1.807) is 48.8 Å². The van der Waals surface area contributed by atoms with Gasteiger partial charge in [0.2, 0.25) is 5.91 Å². The first-order valence-electron chi connectivity index (χ1n) is 11.7. The molecular weight excluding hydrogens is 470 g/mol. The molecular formula is C29H29N3O3S. The number of sulfonamides is 1. The van der Waals surface area contributed by atoms with E-state index in [0.717, 1.165) is 34.2 Å². The van der Waals surface area contributed by atoms with Gasteiger partial charge in [0.15, 0.2) is 0 Å². The summed E-state index contributed by atoms with van der Waals surface area (Å²) in [5.41, 5.74) is 6.04. The predicted molar refractivity (Wildman–Crippen MR) is 144 cm³/mol. The molecule has 1 heterocycles. The molecule has 0 aliphatic rings. The van der Waals surface area contributed by atoms with Crippen LogP contribution in [-0.4, -0.2) is 25.9 Å². The molecule has 7 heteroatoms. The number of hydrogen-bond donors (Lipinski definition) is 1. The largest absolute Gasteiger partial charge is 0.325 e. The van der Waals surface area contributed by atoms with E-state index in [1.807, 2.05) is 63.2 Å². The van der Waals surface area contributed by atoms with Crippen molar-refractivity contribution >= 4 is 27.3 Å². The minimum Gasteiger partial charge on any atom is -0.325 e. The maximum absolute atomic E-state index is 13.7. The molecule has 6 nitrogen and oxygen atoms in total. The third-order valence-electron chi connectivity index (χ3n) is 6.14. The van der Waals surface area contributed by atoms with E-state index in [0.29, 0.717) is 11.4 Å². The lowest BCUT2D eigenvalue weighted by Gasteiger charge is -2.26. The molecule has 4 aromatic rings. The lowest BCUT2D eigenvalue weighted by atomic mass is 10.1. The Bertz CT molecular complexity index is 1450. The second kappa shape index (κ2) is 10.7. The number of amides is 1. The van der Waals surface area contributed by atoms with Crippen LogP contribution in [0.1, 0.15) is 27.8 Å². The molecule has 0 fully saturated rings. The Morgan fingerprint density at radius 2 is 1.47 bits per heavy atom. The lowest BCUT2D eigenvalue weighted by Crippen LogP contribution is -2.38. The van der Waals surface area contributed by atoms with Gasteiger partial charge in [-0.1, -0.05) is 42.0 Å². The zero-order chi connectivity index (χ0) is 25.7. The quantitative estimate of drug-likeness (QED) is 0.351. The summed E-state index contributed by atoms with van der Waals surface area (Å²) in [6.45, 7) is 5.33. The first-order chi connectivity index (χ1) is 17.2. The van der Waals surface area contributed by atoms with Gasteiger partial charge in [-0.2, -0.15) is 0 Å².